The minimum atomic E-state index is -2.67. The summed E-state index contributed by atoms with van der Waals surface area (Å²) in [6.45, 7) is 0. The van der Waals surface area contributed by atoms with Gasteiger partial charge in [-0.15, -0.1) is 0 Å². The first-order chi connectivity index (χ1) is 3.12. The standard InChI is InChI=1S/2CN.2CH3.Sn/c2*1-2;;;/h;;2*1H3;. The molecule has 0 heterocycles. The van der Waals surface area contributed by atoms with Gasteiger partial charge in [-0.2, -0.15) is 0 Å². The Morgan fingerprint density at radius 2 is 1.43 bits per heavy atom. The van der Waals surface area contributed by atoms with Crippen molar-refractivity contribution in [2.75, 3.05) is 0 Å². The first-order valence-electron chi connectivity index (χ1n) is 1.95. The fourth-order valence-electron chi connectivity index (χ4n) is 0.0250. The molecule has 0 amide bonds. The molecular weight excluding hydrogens is 195 g/mol. The second-order valence-corrected chi connectivity index (χ2v) is 12.4. The van der Waals surface area contributed by atoms with Crippen LogP contribution in [0.15, 0.2) is 0 Å². The summed E-state index contributed by atoms with van der Waals surface area (Å²) in [5.41, 5.74) is 0. The summed E-state index contributed by atoms with van der Waals surface area (Å²) in [6.07, 6.45) is 0. The van der Waals surface area contributed by atoms with Crippen LogP contribution in [0, 0.1) is 18.7 Å². The maximum absolute atomic E-state index is 8.21. The zero-order chi connectivity index (χ0) is 5.91. The Morgan fingerprint density at radius 3 is 1.43 bits per heavy atom. The molecule has 0 fully saturated rings. The summed E-state index contributed by atoms with van der Waals surface area (Å²) >= 11 is -2.67. The SMILES string of the molecule is [CH3][Sn]([CH3])([C]#N)[C]#N. The van der Waals surface area contributed by atoms with E-state index in [2.05, 4.69) is 0 Å². The van der Waals surface area contributed by atoms with Gasteiger partial charge in [-0.3, -0.25) is 0 Å². The van der Waals surface area contributed by atoms with E-state index >= 15 is 0 Å². The van der Waals surface area contributed by atoms with Gasteiger partial charge in [0.1, 0.15) is 0 Å². The number of rotatable bonds is 0. The molecule has 0 aromatic carbocycles. The van der Waals surface area contributed by atoms with Gasteiger partial charge in [-0.05, 0) is 0 Å². The van der Waals surface area contributed by atoms with Crippen molar-refractivity contribution in [3.05, 3.63) is 0 Å². The van der Waals surface area contributed by atoms with E-state index in [0.717, 1.165) is 0 Å². The van der Waals surface area contributed by atoms with Crippen LogP contribution in [-0.2, 0) is 0 Å². The van der Waals surface area contributed by atoms with E-state index in [1.54, 1.807) is 9.88 Å². The summed E-state index contributed by atoms with van der Waals surface area (Å²) in [5.74, 6) is 0. The summed E-state index contributed by atoms with van der Waals surface area (Å²) in [6, 6.07) is 0. The van der Waals surface area contributed by atoms with Gasteiger partial charge in [-0.25, -0.2) is 0 Å². The van der Waals surface area contributed by atoms with Gasteiger partial charge in [0.25, 0.3) is 0 Å². The molecule has 0 spiro atoms. The van der Waals surface area contributed by atoms with Crippen LogP contribution in [0.4, 0.5) is 0 Å². The Kier molecular flexibility index (Phi) is 2.11. The van der Waals surface area contributed by atoms with Crippen molar-refractivity contribution in [3.8, 4) is 8.17 Å². The fourth-order valence-corrected chi connectivity index (χ4v) is 0.168. The van der Waals surface area contributed by atoms with Crippen LogP contribution in [-0.4, -0.2) is 18.4 Å². The molecule has 0 bridgehead atoms. The monoisotopic (exact) mass is 202 g/mol. The van der Waals surface area contributed by atoms with Gasteiger partial charge in [-0.1, -0.05) is 0 Å². The predicted molar refractivity (Wildman–Crippen MR) is 28.7 cm³/mol. The number of nitrogens with zero attached hydrogens (tertiary/aromatic N) is 2. The average Bonchev–Trinajstić information content (AvgIpc) is 1.68. The van der Waals surface area contributed by atoms with E-state index in [1.165, 1.54) is 0 Å². The second kappa shape index (κ2) is 2.18. The molecular formula is C4H6N2Sn. The topological polar surface area (TPSA) is 47.6 Å². The van der Waals surface area contributed by atoms with Crippen LogP contribution >= 0.6 is 0 Å². The molecule has 7 heavy (non-hydrogen) atoms. The molecule has 0 atom stereocenters. The molecule has 0 aliphatic rings. The van der Waals surface area contributed by atoms with Crippen LogP contribution in [0.1, 0.15) is 0 Å². The van der Waals surface area contributed by atoms with Crippen LogP contribution in [0.25, 0.3) is 0 Å². The number of hydrogen-bond donors (Lipinski definition) is 0. The van der Waals surface area contributed by atoms with E-state index in [0.29, 0.717) is 0 Å². The van der Waals surface area contributed by atoms with Gasteiger partial charge in [0.05, 0.1) is 0 Å². The minimum absolute atomic E-state index is 1.79. The van der Waals surface area contributed by atoms with Crippen LogP contribution in [0.2, 0.25) is 9.88 Å². The first-order valence-corrected chi connectivity index (χ1v) is 10.5. The van der Waals surface area contributed by atoms with E-state index in [1.807, 2.05) is 8.17 Å². The van der Waals surface area contributed by atoms with E-state index in [4.69, 9.17) is 10.5 Å². The van der Waals surface area contributed by atoms with Crippen molar-refractivity contribution in [2.45, 2.75) is 9.88 Å². The van der Waals surface area contributed by atoms with Crippen LogP contribution in [0.3, 0.4) is 0 Å². The summed E-state index contributed by atoms with van der Waals surface area (Å²) in [4.78, 5) is 3.57. The Bertz CT molecular complexity index is 121. The normalized spacial score (nSPS) is 9.14. The summed E-state index contributed by atoms with van der Waals surface area (Å²) in [7, 11) is 0. The quantitative estimate of drug-likeness (QED) is 0.544. The number of nitriles is 2. The Balaban J connectivity index is 4.00. The molecule has 0 aromatic heterocycles. The van der Waals surface area contributed by atoms with Gasteiger partial charge in [0.15, 0.2) is 0 Å². The van der Waals surface area contributed by atoms with Crippen molar-refractivity contribution in [1.29, 1.82) is 10.5 Å². The summed E-state index contributed by atoms with van der Waals surface area (Å²) < 4.78 is 4.08. The predicted octanol–water partition coefficient (Wildman–Crippen LogP) is 0.820. The van der Waals surface area contributed by atoms with Crippen molar-refractivity contribution in [3.63, 3.8) is 0 Å². The molecule has 0 aliphatic carbocycles. The van der Waals surface area contributed by atoms with E-state index < -0.39 is 18.4 Å². The Morgan fingerprint density at radius 1 is 1.14 bits per heavy atom. The van der Waals surface area contributed by atoms with Crippen molar-refractivity contribution in [1.82, 2.24) is 0 Å². The zero-order valence-corrected chi connectivity index (χ0v) is 7.25. The molecule has 36 valence electrons. The Hall–Kier alpha value is -0.221. The van der Waals surface area contributed by atoms with Crippen molar-refractivity contribution < 1.29 is 0 Å². The molecule has 0 aliphatic heterocycles. The first kappa shape index (κ1) is 6.78. The average molecular weight is 201 g/mol. The van der Waals surface area contributed by atoms with Crippen LogP contribution < -0.4 is 0 Å². The molecule has 2 nitrogen and oxygen atoms in total. The van der Waals surface area contributed by atoms with Gasteiger partial charge >= 0.3 is 47.0 Å². The fraction of sp³-hybridized carbons (Fsp3) is 0.500. The van der Waals surface area contributed by atoms with Gasteiger partial charge < -0.3 is 0 Å². The van der Waals surface area contributed by atoms with E-state index in [9.17, 15) is 0 Å². The maximum atomic E-state index is 8.21. The second-order valence-electron chi connectivity index (χ2n) is 1.85. The van der Waals surface area contributed by atoms with Gasteiger partial charge in [0, 0.05) is 0 Å². The van der Waals surface area contributed by atoms with Crippen molar-refractivity contribution >= 4 is 18.4 Å². The third-order valence-electron chi connectivity index (χ3n) is 0.559. The molecule has 0 saturated heterocycles. The zero-order valence-electron chi connectivity index (χ0n) is 4.39. The molecule has 0 rings (SSSR count). The summed E-state index contributed by atoms with van der Waals surface area (Å²) in [5, 5.41) is 16.4. The number of hydrogen-bond acceptors (Lipinski definition) is 2. The third-order valence-corrected chi connectivity index (χ3v) is 3.75. The molecule has 0 saturated carbocycles. The third kappa shape index (κ3) is 2.47. The molecule has 0 N–H and O–H groups in total. The molecule has 3 heteroatoms. The Labute approximate surface area is 47.2 Å². The van der Waals surface area contributed by atoms with Gasteiger partial charge in [0.2, 0.25) is 0 Å². The van der Waals surface area contributed by atoms with Crippen molar-refractivity contribution in [2.24, 2.45) is 0 Å². The molecule has 0 radical (unpaired) electrons. The van der Waals surface area contributed by atoms with E-state index in [-0.39, 0.29) is 0 Å². The molecule has 0 aromatic rings. The van der Waals surface area contributed by atoms with Crippen LogP contribution in [0.5, 0.6) is 0 Å². The molecule has 0 unspecified atom stereocenters.